The smallest absolute Gasteiger partial charge is 0.195 e. The van der Waals surface area contributed by atoms with Crippen molar-refractivity contribution < 1.29 is 4.74 Å². The molecule has 1 aromatic heterocycles. The van der Waals surface area contributed by atoms with Crippen LogP contribution in [0.5, 0.6) is 5.75 Å². The van der Waals surface area contributed by atoms with Gasteiger partial charge in [-0.3, -0.25) is 9.67 Å². The van der Waals surface area contributed by atoms with Crippen LogP contribution in [0.15, 0.2) is 36.9 Å². The van der Waals surface area contributed by atoms with Crippen LogP contribution in [0.3, 0.4) is 0 Å². The second kappa shape index (κ2) is 5.64. The summed E-state index contributed by atoms with van der Waals surface area (Å²) in [6.45, 7) is 6.98. The standard InChI is InChI=1S/C13H15N3OS/c1-3-9-16-12(14-15-13(16)18)10-5-7-11(8-6-10)17-4-2/h3,5-8H,1,4,9H2,2H3,(H,15,18). The number of rotatable bonds is 5. The van der Waals surface area contributed by atoms with Crippen LogP contribution in [0, 0.1) is 4.77 Å². The van der Waals surface area contributed by atoms with Crippen LogP contribution in [0.1, 0.15) is 6.92 Å². The minimum Gasteiger partial charge on any atom is -0.494 e. The third kappa shape index (κ3) is 2.51. The van der Waals surface area contributed by atoms with E-state index in [4.69, 9.17) is 17.0 Å². The van der Waals surface area contributed by atoms with E-state index in [0.29, 0.717) is 17.9 Å². The molecule has 1 heterocycles. The quantitative estimate of drug-likeness (QED) is 0.664. The maximum absolute atomic E-state index is 5.41. The first-order valence-corrected chi connectivity index (χ1v) is 6.16. The van der Waals surface area contributed by atoms with Crippen molar-refractivity contribution in [1.29, 1.82) is 0 Å². The minimum atomic E-state index is 0.596. The van der Waals surface area contributed by atoms with Crippen molar-refractivity contribution in [1.82, 2.24) is 14.8 Å². The molecule has 1 aromatic carbocycles. The van der Waals surface area contributed by atoms with Gasteiger partial charge in [-0.05, 0) is 43.4 Å². The van der Waals surface area contributed by atoms with E-state index in [9.17, 15) is 0 Å². The summed E-state index contributed by atoms with van der Waals surface area (Å²) < 4.78 is 7.90. The van der Waals surface area contributed by atoms with Crippen LogP contribution in [0.4, 0.5) is 0 Å². The Labute approximate surface area is 111 Å². The Morgan fingerprint density at radius 2 is 2.17 bits per heavy atom. The van der Waals surface area contributed by atoms with Gasteiger partial charge in [0.15, 0.2) is 10.6 Å². The third-order valence-electron chi connectivity index (χ3n) is 2.49. The average molecular weight is 261 g/mol. The summed E-state index contributed by atoms with van der Waals surface area (Å²) >= 11 is 5.18. The van der Waals surface area contributed by atoms with Gasteiger partial charge in [0.25, 0.3) is 0 Å². The van der Waals surface area contributed by atoms with E-state index in [1.807, 2.05) is 35.8 Å². The summed E-state index contributed by atoms with van der Waals surface area (Å²) in [5.41, 5.74) is 0.993. The molecule has 0 atom stereocenters. The highest BCUT2D eigenvalue weighted by Crippen LogP contribution is 2.21. The fourth-order valence-corrected chi connectivity index (χ4v) is 1.91. The monoisotopic (exact) mass is 261 g/mol. The van der Waals surface area contributed by atoms with Crippen molar-refractivity contribution in [3.63, 3.8) is 0 Å². The zero-order valence-corrected chi connectivity index (χ0v) is 11.0. The molecule has 0 aliphatic carbocycles. The van der Waals surface area contributed by atoms with Gasteiger partial charge in [0, 0.05) is 12.1 Å². The van der Waals surface area contributed by atoms with E-state index in [-0.39, 0.29) is 0 Å². The van der Waals surface area contributed by atoms with Crippen LogP contribution < -0.4 is 4.74 Å². The Morgan fingerprint density at radius 3 is 2.78 bits per heavy atom. The largest absolute Gasteiger partial charge is 0.494 e. The maximum atomic E-state index is 5.41. The van der Waals surface area contributed by atoms with E-state index in [1.165, 1.54) is 0 Å². The Morgan fingerprint density at radius 1 is 1.44 bits per heavy atom. The number of benzene rings is 1. The zero-order chi connectivity index (χ0) is 13.0. The first-order chi connectivity index (χ1) is 8.76. The predicted octanol–water partition coefficient (Wildman–Crippen LogP) is 3.19. The highest BCUT2D eigenvalue weighted by Gasteiger charge is 2.07. The van der Waals surface area contributed by atoms with Crippen LogP contribution in [0.25, 0.3) is 11.4 Å². The van der Waals surface area contributed by atoms with Crippen LogP contribution in [-0.4, -0.2) is 21.4 Å². The number of aromatic amines is 1. The Hall–Kier alpha value is -1.88. The van der Waals surface area contributed by atoms with Gasteiger partial charge in [-0.15, -0.1) is 6.58 Å². The van der Waals surface area contributed by atoms with Gasteiger partial charge in [0.2, 0.25) is 0 Å². The van der Waals surface area contributed by atoms with Crippen molar-refractivity contribution in [2.45, 2.75) is 13.5 Å². The summed E-state index contributed by atoms with van der Waals surface area (Å²) in [5, 5.41) is 7.03. The summed E-state index contributed by atoms with van der Waals surface area (Å²) in [6.07, 6.45) is 1.80. The lowest BCUT2D eigenvalue weighted by atomic mass is 10.2. The molecule has 0 saturated heterocycles. The summed E-state index contributed by atoms with van der Waals surface area (Å²) in [6, 6.07) is 7.79. The molecule has 0 unspecified atom stereocenters. The Balaban J connectivity index is 2.36. The van der Waals surface area contributed by atoms with Crippen LogP contribution in [0.2, 0.25) is 0 Å². The highest BCUT2D eigenvalue weighted by atomic mass is 32.1. The highest BCUT2D eigenvalue weighted by molar-refractivity contribution is 7.71. The average Bonchev–Trinajstić information content (AvgIpc) is 2.73. The molecule has 4 nitrogen and oxygen atoms in total. The van der Waals surface area contributed by atoms with Gasteiger partial charge >= 0.3 is 0 Å². The fraction of sp³-hybridized carbons (Fsp3) is 0.231. The number of nitrogens with zero attached hydrogens (tertiary/aromatic N) is 2. The number of allylic oxidation sites excluding steroid dienone is 1. The summed E-state index contributed by atoms with van der Waals surface area (Å²) in [4.78, 5) is 0. The van der Waals surface area contributed by atoms with Gasteiger partial charge in [-0.1, -0.05) is 6.08 Å². The molecule has 0 bridgehead atoms. The lowest BCUT2D eigenvalue weighted by molar-refractivity contribution is 0.340. The van der Waals surface area contributed by atoms with Gasteiger partial charge in [0.1, 0.15) is 5.75 Å². The molecule has 0 aliphatic heterocycles. The van der Waals surface area contributed by atoms with Gasteiger partial charge in [0.05, 0.1) is 6.61 Å². The van der Waals surface area contributed by atoms with Crippen molar-refractivity contribution in [2.75, 3.05) is 6.61 Å². The molecular formula is C13H15N3OS. The molecule has 5 heteroatoms. The van der Waals surface area contributed by atoms with E-state index < -0.39 is 0 Å². The number of nitrogens with one attached hydrogen (secondary N) is 1. The second-order valence-electron chi connectivity index (χ2n) is 3.71. The lowest BCUT2D eigenvalue weighted by Crippen LogP contribution is -1.98. The summed E-state index contributed by atoms with van der Waals surface area (Å²) in [7, 11) is 0. The topological polar surface area (TPSA) is 42.8 Å². The molecule has 0 aliphatic rings. The molecular weight excluding hydrogens is 246 g/mol. The molecule has 94 valence electrons. The van der Waals surface area contributed by atoms with Crippen molar-refractivity contribution >= 4 is 12.2 Å². The van der Waals surface area contributed by atoms with E-state index >= 15 is 0 Å². The first-order valence-electron chi connectivity index (χ1n) is 5.75. The zero-order valence-electron chi connectivity index (χ0n) is 10.2. The second-order valence-corrected chi connectivity index (χ2v) is 4.10. The SMILES string of the molecule is C=CCn1c(-c2ccc(OCC)cc2)n[nH]c1=S. The third-order valence-corrected chi connectivity index (χ3v) is 2.81. The molecule has 2 aromatic rings. The van der Waals surface area contributed by atoms with Crippen LogP contribution in [-0.2, 0) is 6.54 Å². The fourth-order valence-electron chi connectivity index (χ4n) is 1.70. The predicted molar refractivity (Wildman–Crippen MR) is 74.2 cm³/mol. The van der Waals surface area contributed by atoms with E-state index in [0.717, 1.165) is 17.1 Å². The van der Waals surface area contributed by atoms with Crippen LogP contribution >= 0.6 is 12.2 Å². The van der Waals surface area contributed by atoms with E-state index in [2.05, 4.69) is 16.8 Å². The molecule has 0 amide bonds. The Bertz CT molecular complexity index is 583. The van der Waals surface area contributed by atoms with Gasteiger partial charge in [-0.25, -0.2) is 0 Å². The summed E-state index contributed by atoms with van der Waals surface area (Å²) in [5.74, 6) is 1.66. The number of aromatic nitrogens is 3. The van der Waals surface area contributed by atoms with Gasteiger partial charge in [-0.2, -0.15) is 5.10 Å². The Kier molecular flexibility index (Phi) is 3.94. The minimum absolute atomic E-state index is 0.596. The first kappa shape index (κ1) is 12.6. The molecule has 18 heavy (non-hydrogen) atoms. The molecule has 0 fully saturated rings. The van der Waals surface area contributed by atoms with Crippen molar-refractivity contribution in [3.05, 3.63) is 41.7 Å². The number of H-pyrrole nitrogens is 1. The molecule has 1 N–H and O–H groups in total. The van der Waals surface area contributed by atoms with Crippen molar-refractivity contribution in [3.8, 4) is 17.1 Å². The normalized spacial score (nSPS) is 10.3. The molecule has 2 rings (SSSR count). The van der Waals surface area contributed by atoms with Gasteiger partial charge < -0.3 is 4.74 Å². The molecule has 0 spiro atoms. The number of hydrogen-bond acceptors (Lipinski definition) is 3. The maximum Gasteiger partial charge on any atom is 0.195 e. The lowest BCUT2D eigenvalue weighted by Gasteiger charge is -2.06. The van der Waals surface area contributed by atoms with Crippen molar-refractivity contribution in [2.24, 2.45) is 0 Å². The molecule has 0 radical (unpaired) electrons. The number of ether oxygens (including phenoxy) is 1. The van der Waals surface area contributed by atoms with E-state index in [1.54, 1.807) is 6.08 Å². The molecule has 0 saturated carbocycles. The number of hydrogen-bond donors (Lipinski definition) is 1.